The highest BCUT2D eigenvalue weighted by molar-refractivity contribution is 5.40. The molecular weight excluding hydrogens is 172 g/mol. The zero-order valence-electron chi connectivity index (χ0n) is 8.96. The average molecular weight is 190 g/mol. The van der Waals surface area contributed by atoms with Gasteiger partial charge in [-0.05, 0) is 42.4 Å². The number of rotatable bonds is 3. The van der Waals surface area contributed by atoms with Crippen LogP contribution in [0.4, 0.5) is 0 Å². The maximum atomic E-state index is 9.16. The van der Waals surface area contributed by atoms with Crippen molar-refractivity contribution >= 4 is 0 Å². The van der Waals surface area contributed by atoms with Gasteiger partial charge in [-0.1, -0.05) is 25.1 Å². The Hall–Kier alpha value is -0.820. The number of benzene rings is 1. The maximum absolute atomic E-state index is 9.16. The van der Waals surface area contributed by atoms with Crippen molar-refractivity contribution in [2.24, 2.45) is 0 Å². The third-order valence-corrected chi connectivity index (χ3v) is 3.24. The molecule has 2 rings (SSSR count). The van der Waals surface area contributed by atoms with Crippen molar-refractivity contribution in [3.63, 3.8) is 0 Å². The van der Waals surface area contributed by atoms with E-state index in [0.29, 0.717) is 0 Å². The quantitative estimate of drug-likeness (QED) is 0.777. The zero-order valence-corrected chi connectivity index (χ0v) is 8.96. The van der Waals surface area contributed by atoms with Crippen molar-refractivity contribution in [2.75, 3.05) is 6.61 Å². The maximum Gasteiger partial charge on any atom is 0.0497 e. The predicted molar refractivity (Wildman–Crippen MR) is 58.7 cm³/mol. The Morgan fingerprint density at radius 1 is 1.43 bits per heavy atom. The third-order valence-electron chi connectivity index (χ3n) is 3.24. The SMILES string of the molecule is Cc1c(C(C)CO)cccc1C1CC1. The van der Waals surface area contributed by atoms with Gasteiger partial charge in [0.05, 0.1) is 0 Å². The van der Waals surface area contributed by atoms with Gasteiger partial charge in [-0.3, -0.25) is 0 Å². The fourth-order valence-electron chi connectivity index (χ4n) is 2.14. The molecule has 0 spiro atoms. The summed E-state index contributed by atoms with van der Waals surface area (Å²) >= 11 is 0. The molecule has 0 saturated heterocycles. The summed E-state index contributed by atoms with van der Waals surface area (Å²) in [6.45, 7) is 4.52. The van der Waals surface area contributed by atoms with Gasteiger partial charge < -0.3 is 5.11 Å². The Labute approximate surface area is 85.8 Å². The lowest BCUT2D eigenvalue weighted by molar-refractivity contribution is 0.272. The van der Waals surface area contributed by atoms with Crippen LogP contribution in [0, 0.1) is 6.92 Å². The van der Waals surface area contributed by atoms with Crippen molar-refractivity contribution in [1.82, 2.24) is 0 Å². The van der Waals surface area contributed by atoms with Crippen LogP contribution in [0.15, 0.2) is 18.2 Å². The Balaban J connectivity index is 2.35. The molecule has 1 atom stereocenters. The summed E-state index contributed by atoms with van der Waals surface area (Å²) in [7, 11) is 0. The van der Waals surface area contributed by atoms with Gasteiger partial charge in [0.25, 0.3) is 0 Å². The van der Waals surface area contributed by atoms with Crippen molar-refractivity contribution in [2.45, 2.75) is 38.5 Å². The van der Waals surface area contributed by atoms with Gasteiger partial charge >= 0.3 is 0 Å². The summed E-state index contributed by atoms with van der Waals surface area (Å²) in [5.41, 5.74) is 4.22. The van der Waals surface area contributed by atoms with Crippen LogP contribution in [0.3, 0.4) is 0 Å². The Kier molecular flexibility index (Phi) is 2.60. The average Bonchev–Trinajstić information content (AvgIpc) is 3.01. The van der Waals surface area contributed by atoms with Gasteiger partial charge in [0.1, 0.15) is 0 Å². The minimum atomic E-state index is 0.245. The molecule has 1 heteroatoms. The molecule has 0 aromatic heterocycles. The molecule has 0 radical (unpaired) electrons. The van der Waals surface area contributed by atoms with E-state index in [9.17, 15) is 0 Å². The first-order chi connectivity index (χ1) is 6.74. The molecule has 0 heterocycles. The van der Waals surface area contributed by atoms with Crippen LogP contribution in [0.25, 0.3) is 0 Å². The first kappa shape index (κ1) is 9.72. The summed E-state index contributed by atoms with van der Waals surface area (Å²) in [6, 6.07) is 6.50. The lowest BCUT2D eigenvalue weighted by Crippen LogP contribution is -2.03. The standard InChI is InChI=1S/C13H18O/c1-9(8-14)12-4-3-5-13(10(12)2)11-6-7-11/h3-5,9,11,14H,6-8H2,1-2H3. The molecule has 1 N–H and O–H groups in total. The van der Waals surface area contributed by atoms with Gasteiger partial charge in [0.15, 0.2) is 0 Å². The summed E-state index contributed by atoms with van der Waals surface area (Å²) in [5.74, 6) is 1.08. The lowest BCUT2D eigenvalue weighted by atomic mass is 9.92. The van der Waals surface area contributed by atoms with Crippen LogP contribution in [-0.4, -0.2) is 11.7 Å². The van der Waals surface area contributed by atoms with Crippen molar-refractivity contribution < 1.29 is 5.11 Å². The molecule has 1 aromatic carbocycles. The largest absolute Gasteiger partial charge is 0.396 e. The minimum absolute atomic E-state index is 0.245. The second-order valence-corrected chi connectivity index (χ2v) is 4.42. The smallest absolute Gasteiger partial charge is 0.0497 e. The van der Waals surface area contributed by atoms with E-state index in [4.69, 9.17) is 5.11 Å². The summed E-state index contributed by atoms with van der Waals surface area (Å²) in [6.07, 6.45) is 2.69. The van der Waals surface area contributed by atoms with E-state index in [0.717, 1.165) is 5.92 Å². The number of aliphatic hydroxyl groups excluding tert-OH is 1. The summed E-state index contributed by atoms with van der Waals surface area (Å²) in [4.78, 5) is 0. The van der Waals surface area contributed by atoms with E-state index in [-0.39, 0.29) is 12.5 Å². The molecule has 0 bridgehead atoms. The van der Waals surface area contributed by atoms with Gasteiger partial charge in [0.2, 0.25) is 0 Å². The van der Waals surface area contributed by atoms with E-state index < -0.39 is 0 Å². The van der Waals surface area contributed by atoms with E-state index in [1.54, 1.807) is 0 Å². The highest BCUT2D eigenvalue weighted by Crippen LogP contribution is 2.42. The van der Waals surface area contributed by atoms with Crippen LogP contribution in [0.1, 0.15) is 48.3 Å². The van der Waals surface area contributed by atoms with Crippen LogP contribution in [0.5, 0.6) is 0 Å². The molecule has 1 fully saturated rings. The third kappa shape index (κ3) is 1.69. The van der Waals surface area contributed by atoms with Crippen LogP contribution >= 0.6 is 0 Å². The molecule has 14 heavy (non-hydrogen) atoms. The van der Waals surface area contributed by atoms with E-state index in [1.165, 1.54) is 29.5 Å². The summed E-state index contributed by atoms with van der Waals surface area (Å²) < 4.78 is 0. The predicted octanol–water partition coefficient (Wildman–Crippen LogP) is 2.97. The molecule has 76 valence electrons. The Morgan fingerprint density at radius 3 is 2.71 bits per heavy atom. The fourth-order valence-corrected chi connectivity index (χ4v) is 2.14. The van der Waals surface area contributed by atoms with E-state index >= 15 is 0 Å². The van der Waals surface area contributed by atoms with Crippen LogP contribution in [0.2, 0.25) is 0 Å². The Bertz CT molecular complexity index is 326. The van der Waals surface area contributed by atoms with Crippen LogP contribution in [-0.2, 0) is 0 Å². The monoisotopic (exact) mass is 190 g/mol. The summed E-state index contributed by atoms with van der Waals surface area (Å²) in [5, 5.41) is 9.16. The number of hydrogen-bond acceptors (Lipinski definition) is 1. The zero-order chi connectivity index (χ0) is 10.1. The molecule has 1 aromatic rings. The molecule has 0 amide bonds. The highest BCUT2D eigenvalue weighted by atomic mass is 16.3. The second-order valence-electron chi connectivity index (χ2n) is 4.42. The molecule has 1 aliphatic rings. The molecule has 1 saturated carbocycles. The van der Waals surface area contributed by atoms with Gasteiger partial charge in [0, 0.05) is 12.5 Å². The molecule has 1 nitrogen and oxygen atoms in total. The van der Waals surface area contributed by atoms with Crippen molar-refractivity contribution in [1.29, 1.82) is 0 Å². The second kappa shape index (κ2) is 3.74. The van der Waals surface area contributed by atoms with Crippen LogP contribution < -0.4 is 0 Å². The van der Waals surface area contributed by atoms with Gasteiger partial charge in [-0.15, -0.1) is 0 Å². The molecule has 1 unspecified atom stereocenters. The highest BCUT2D eigenvalue weighted by Gasteiger charge is 2.26. The van der Waals surface area contributed by atoms with E-state index in [1.807, 2.05) is 0 Å². The Morgan fingerprint density at radius 2 is 2.14 bits per heavy atom. The first-order valence-corrected chi connectivity index (χ1v) is 5.44. The van der Waals surface area contributed by atoms with Crippen molar-refractivity contribution in [3.8, 4) is 0 Å². The normalized spacial score (nSPS) is 18.2. The molecule has 0 aliphatic heterocycles. The fraction of sp³-hybridized carbons (Fsp3) is 0.538. The molecule has 1 aliphatic carbocycles. The molecular formula is C13H18O. The first-order valence-electron chi connectivity index (χ1n) is 5.44. The number of aliphatic hydroxyl groups is 1. The number of hydrogen-bond donors (Lipinski definition) is 1. The topological polar surface area (TPSA) is 20.2 Å². The van der Waals surface area contributed by atoms with E-state index in [2.05, 4.69) is 32.0 Å². The van der Waals surface area contributed by atoms with Crippen molar-refractivity contribution in [3.05, 3.63) is 34.9 Å². The van der Waals surface area contributed by atoms with Gasteiger partial charge in [-0.2, -0.15) is 0 Å². The lowest BCUT2D eigenvalue weighted by Gasteiger charge is -2.15. The minimum Gasteiger partial charge on any atom is -0.396 e. The van der Waals surface area contributed by atoms with Gasteiger partial charge in [-0.25, -0.2) is 0 Å².